The molecule has 1 heterocycles. The van der Waals surface area contributed by atoms with Gasteiger partial charge in [0.25, 0.3) is 11.6 Å². The van der Waals surface area contributed by atoms with E-state index in [9.17, 15) is 29.6 Å². The summed E-state index contributed by atoms with van der Waals surface area (Å²) in [5.41, 5.74) is 1.05. The molecule has 2 N–H and O–H groups in total. The number of hydrogen-bond donors (Lipinski definition) is 2. The van der Waals surface area contributed by atoms with Gasteiger partial charge < -0.3 is 19.9 Å². The zero-order valence-corrected chi connectivity index (χ0v) is 21.5. The topological polar surface area (TPSA) is 157 Å². The number of aliphatic imine (C=N–C) groups is 1. The van der Waals surface area contributed by atoms with Gasteiger partial charge in [-0.15, -0.1) is 0 Å². The largest absolute Gasteiger partial charge is 0.507 e. The van der Waals surface area contributed by atoms with Crippen LogP contribution in [0.25, 0.3) is 0 Å². The summed E-state index contributed by atoms with van der Waals surface area (Å²) in [6.45, 7) is 6.36. The summed E-state index contributed by atoms with van der Waals surface area (Å²) in [4.78, 5) is 54.0. The molecule has 1 aliphatic heterocycles. The third-order valence-corrected chi connectivity index (χ3v) is 5.87. The van der Waals surface area contributed by atoms with E-state index < -0.39 is 40.7 Å². The third kappa shape index (κ3) is 6.41. The Labute approximate surface area is 219 Å². The Bertz CT molecular complexity index is 1310. The minimum atomic E-state index is -1.07. The quantitative estimate of drug-likeness (QED) is 0.218. The highest BCUT2D eigenvalue weighted by Gasteiger charge is 2.43. The zero-order chi connectivity index (χ0) is 28.0. The minimum Gasteiger partial charge on any atom is -0.507 e. The van der Waals surface area contributed by atoms with Gasteiger partial charge in [-0.25, -0.2) is 4.79 Å². The highest BCUT2D eigenvalue weighted by Crippen LogP contribution is 2.41. The van der Waals surface area contributed by atoms with E-state index in [4.69, 9.17) is 9.47 Å². The van der Waals surface area contributed by atoms with Gasteiger partial charge >= 0.3 is 11.9 Å². The van der Waals surface area contributed by atoms with Crippen molar-refractivity contribution in [3.8, 4) is 5.75 Å². The van der Waals surface area contributed by atoms with Crippen molar-refractivity contribution in [3.05, 3.63) is 81.0 Å². The van der Waals surface area contributed by atoms with Crippen LogP contribution in [0.5, 0.6) is 5.75 Å². The van der Waals surface area contributed by atoms with Gasteiger partial charge in [0.2, 0.25) is 0 Å². The summed E-state index contributed by atoms with van der Waals surface area (Å²) in [6.07, 6.45) is -0.446. The first-order valence-corrected chi connectivity index (χ1v) is 11.9. The number of nitro groups is 1. The lowest BCUT2D eigenvalue weighted by Gasteiger charge is -2.31. The van der Waals surface area contributed by atoms with Crippen LogP contribution in [0.15, 0.2) is 64.8 Å². The summed E-state index contributed by atoms with van der Waals surface area (Å²) in [7, 11) is 0. The number of phenols is 1. The second-order valence-electron chi connectivity index (χ2n) is 8.95. The molecule has 1 amide bonds. The lowest BCUT2D eigenvalue weighted by atomic mass is 9.75. The van der Waals surface area contributed by atoms with Crippen molar-refractivity contribution in [3.63, 3.8) is 0 Å². The van der Waals surface area contributed by atoms with Gasteiger partial charge in [0.1, 0.15) is 18.3 Å². The van der Waals surface area contributed by atoms with Crippen molar-refractivity contribution in [2.24, 2.45) is 10.9 Å². The Hall–Kier alpha value is -4.54. The van der Waals surface area contributed by atoms with Crippen LogP contribution in [0.2, 0.25) is 0 Å². The molecule has 2 atom stereocenters. The van der Waals surface area contributed by atoms with Crippen LogP contribution in [-0.2, 0) is 19.1 Å². The molecular formula is C27H29N3O8. The number of aromatic hydroxyl groups is 1. The van der Waals surface area contributed by atoms with Crippen molar-refractivity contribution in [1.29, 1.82) is 0 Å². The smallest absolute Gasteiger partial charge is 0.336 e. The van der Waals surface area contributed by atoms with E-state index in [1.807, 2.05) is 0 Å². The number of ether oxygens (including phenoxy) is 2. The predicted octanol–water partition coefficient (Wildman–Crippen LogP) is 3.67. The van der Waals surface area contributed by atoms with Crippen molar-refractivity contribution in [2.75, 3.05) is 13.2 Å². The van der Waals surface area contributed by atoms with Crippen LogP contribution in [0, 0.1) is 16.0 Å². The number of benzene rings is 2. The van der Waals surface area contributed by atoms with E-state index in [0.29, 0.717) is 17.0 Å². The fourth-order valence-corrected chi connectivity index (χ4v) is 4.24. The summed E-state index contributed by atoms with van der Waals surface area (Å²) in [5.74, 6) is -4.13. The number of nitrogens with one attached hydrogen (secondary N) is 1. The average Bonchev–Trinajstić information content (AvgIpc) is 2.85. The van der Waals surface area contributed by atoms with E-state index in [1.54, 1.807) is 45.9 Å². The van der Waals surface area contributed by atoms with Crippen LogP contribution in [-0.4, -0.2) is 52.8 Å². The standard InChI is InChI=1S/C27H29N3O8/c1-15(2)38-27(34)23-17(4)29-16(3)22(24(23)18-8-7-9-19(14-18)30(35)36)26(33)37-13-12-28-25(32)20-10-5-6-11-21(20)31/h5-11,14-15,22,24,31H,12-13H2,1-4H3,(H,28,32)/t22?,24-/m0/s1. The molecule has 0 bridgehead atoms. The van der Waals surface area contributed by atoms with Gasteiger partial charge in [0.05, 0.1) is 28.7 Å². The molecule has 0 spiro atoms. The monoisotopic (exact) mass is 523 g/mol. The summed E-state index contributed by atoms with van der Waals surface area (Å²) >= 11 is 0. The second kappa shape index (κ2) is 12.1. The number of para-hydroxylation sites is 1. The summed E-state index contributed by atoms with van der Waals surface area (Å²) < 4.78 is 10.8. The van der Waals surface area contributed by atoms with Gasteiger partial charge in [0.15, 0.2) is 0 Å². The zero-order valence-electron chi connectivity index (χ0n) is 21.5. The van der Waals surface area contributed by atoms with Gasteiger partial charge in [-0.3, -0.25) is 24.7 Å². The molecule has 2 aromatic rings. The van der Waals surface area contributed by atoms with E-state index >= 15 is 0 Å². The summed E-state index contributed by atoms with van der Waals surface area (Å²) in [6, 6.07) is 11.7. The fraction of sp³-hybridized carbons (Fsp3) is 0.333. The van der Waals surface area contributed by atoms with Crippen molar-refractivity contribution >= 4 is 29.2 Å². The molecule has 1 unspecified atom stereocenters. The molecule has 3 rings (SSSR count). The molecule has 0 radical (unpaired) electrons. The molecule has 2 aromatic carbocycles. The fourth-order valence-electron chi connectivity index (χ4n) is 4.24. The summed E-state index contributed by atoms with van der Waals surface area (Å²) in [5, 5.41) is 23.8. The number of esters is 2. The Morgan fingerprint density at radius 1 is 1.13 bits per heavy atom. The van der Waals surface area contributed by atoms with Crippen molar-refractivity contribution in [1.82, 2.24) is 5.32 Å². The maximum absolute atomic E-state index is 13.3. The first-order chi connectivity index (χ1) is 18.0. The number of amides is 1. The molecule has 0 fully saturated rings. The number of carbonyl (C=O) groups is 3. The first-order valence-electron chi connectivity index (χ1n) is 11.9. The second-order valence-corrected chi connectivity index (χ2v) is 8.95. The molecule has 11 nitrogen and oxygen atoms in total. The molecule has 0 aromatic heterocycles. The van der Waals surface area contributed by atoms with Gasteiger partial charge in [0, 0.05) is 29.5 Å². The Morgan fingerprint density at radius 3 is 2.50 bits per heavy atom. The molecule has 1 aliphatic rings. The van der Waals surface area contributed by atoms with Gasteiger partial charge in [-0.2, -0.15) is 0 Å². The number of carbonyl (C=O) groups excluding carboxylic acids is 3. The Kier molecular flexibility index (Phi) is 8.95. The maximum Gasteiger partial charge on any atom is 0.336 e. The lowest BCUT2D eigenvalue weighted by Crippen LogP contribution is -2.38. The average molecular weight is 524 g/mol. The maximum atomic E-state index is 13.3. The first kappa shape index (κ1) is 28.0. The van der Waals surface area contributed by atoms with Gasteiger partial charge in [-0.1, -0.05) is 24.3 Å². The highest BCUT2D eigenvalue weighted by atomic mass is 16.6. The van der Waals surface area contributed by atoms with E-state index in [1.165, 1.54) is 30.3 Å². The molecule has 0 saturated heterocycles. The van der Waals surface area contributed by atoms with Crippen LogP contribution >= 0.6 is 0 Å². The van der Waals surface area contributed by atoms with Crippen LogP contribution in [0.4, 0.5) is 5.69 Å². The van der Waals surface area contributed by atoms with Crippen molar-refractivity contribution < 1.29 is 33.9 Å². The van der Waals surface area contributed by atoms with Crippen LogP contribution < -0.4 is 5.32 Å². The Balaban J connectivity index is 1.85. The number of phenolic OH excluding ortho intramolecular Hbond substituents is 1. The van der Waals surface area contributed by atoms with E-state index in [-0.39, 0.29) is 35.7 Å². The number of rotatable bonds is 9. The third-order valence-electron chi connectivity index (χ3n) is 5.87. The molecule has 11 heteroatoms. The van der Waals surface area contributed by atoms with Crippen LogP contribution in [0.1, 0.15) is 49.5 Å². The Morgan fingerprint density at radius 2 is 1.84 bits per heavy atom. The van der Waals surface area contributed by atoms with E-state index in [0.717, 1.165) is 0 Å². The molecule has 38 heavy (non-hydrogen) atoms. The molecule has 200 valence electrons. The number of nitro benzene ring substituents is 1. The number of hydrogen-bond acceptors (Lipinski definition) is 9. The normalized spacial score (nSPS) is 17.0. The molecule has 0 saturated carbocycles. The highest BCUT2D eigenvalue weighted by molar-refractivity contribution is 6.07. The number of nitrogens with zero attached hydrogens (tertiary/aromatic N) is 2. The van der Waals surface area contributed by atoms with Gasteiger partial charge in [-0.05, 0) is 45.4 Å². The SMILES string of the molecule is CC1=NC(C)=C(C(=O)OC(C)C)[C@@H](c2cccc([N+](=O)[O-])c2)C1C(=O)OCCNC(=O)c1ccccc1O. The van der Waals surface area contributed by atoms with Crippen LogP contribution in [0.3, 0.4) is 0 Å². The molecular weight excluding hydrogens is 494 g/mol. The van der Waals surface area contributed by atoms with E-state index in [2.05, 4.69) is 10.3 Å². The minimum absolute atomic E-state index is 0.0413. The molecule has 0 aliphatic carbocycles. The number of non-ortho nitro benzene ring substituents is 1. The lowest BCUT2D eigenvalue weighted by molar-refractivity contribution is -0.384. The van der Waals surface area contributed by atoms with Crippen molar-refractivity contribution in [2.45, 2.75) is 39.7 Å². The number of allylic oxidation sites excluding steroid dienone is 1. The predicted molar refractivity (Wildman–Crippen MR) is 138 cm³/mol.